The van der Waals surface area contributed by atoms with E-state index in [-0.39, 0.29) is 16.5 Å². The topological polar surface area (TPSA) is 52.0 Å². The van der Waals surface area contributed by atoms with Crippen molar-refractivity contribution in [3.8, 4) is 16.8 Å². The van der Waals surface area contributed by atoms with Crippen molar-refractivity contribution in [2.45, 2.75) is 19.3 Å². The molecule has 0 bridgehead atoms. The molecule has 0 amide bonds. The number of nitrogens with zero attached hydrogens (tertiary/aromatic N) is 2. The van der Waals surface area contributed by atoms with Crippen LogP contribution in [0.15, 0.2) is 94.6 Å². The zero-order chi connectivity index (χ0) is 22.0. The molecule has 1 aliphatic carbocycles. The largest absolute Gasteiger partial charge is 0.268 e. The molecule has 0 spiro atoms. The molecule has 154 valence electrons. The summed E-state index contributed by atoms with van der Waals surface area (Å²) in [6, 6.07) is 24.9. The Morgan fingerprint density at radius 3 is 2.22 bits per heavy atom. The monoisotopic (exact) mass is 416 g/mol. The van der Waals surface area contributed by atoms with Gasteiger partial charge in [-0.1, -0.05) is 56.3 Å². The van der Waals surface area contributed by atoms with E-state index in [1.54, 1.807) is 30.5 Å². The van der Waals surface area contributed by atoms with Crippen molar-refractivity contribution in [1.82, 2.24) is 9.55 Å². The molecule has 4 heteroatoms. The molecule has 2 aromatic heterocycles. The van der Waals surface area contributed by atoms with Gasteiger partial charge in [0.1, 0.15) is 0 Å². The lowest BCUT2D eigenvalue weighted by Gasteiger charge is -2.21. The van der Waals surface area contributed by atoms with Gasteiger partial charge in [0.15, 0.2) is 0 Å². The number of hydrogen-bond acceptors (Lipinski definition) is 3. The molecule has 0 radical (unpaired) electrons. The summed E-state index contributed by atoms with van der Waals surface area (Å²) in [4.78, 5) is 32.0. The molecule has 4 nitrogen and oxygen atoms in total. The van der Waals surface area contributed by atoms with Gasteiger partial charge in [-0.05, 0) is 58.7 Å². The van der Waals surface area contributed by atoms with Crippen LogP contribution in [0.5, 0.6) is 0 Å². The highest BCUT2D eigenvalue weighted by atomic mass is 16.2. The van der Waals surface area contributed by atoms with Crippen LogP contribution in [0, 0.1) is 0 Å². The predicted octanol–water partition coefficient (Wildman–Crippen LogP) is 5.21. The second kappa shape index (κ2) is 6.47. The van der Waals surface area contributed by atoms with E-state index in [2.05, 4.69) is 37.0 Å². The number of fused-ring (bicyclic) bond motifs is 6. The SMILES string of the molecule is CC1(C)c2ccccc2-c2cc3c(cc21)c(=O)n(-c1ccccc1)c(=O)c1cccnc13. The third-order valence-corrected chi connectivity index (χ3v) is 6.67. The molecular weight excluding hydrogens is 396 g/mol. The first kappa shape index (κ1) is 18.7. The van der Waals surface area contributed by atoms with Crippen LogP contribution in [0.25, 0.3) is 38.5 Å². The van der Waals surface area contributed by atoms with Crippen molar-refractivity contribution in [1.29, 1.82) is 0 Å². The van der Waals surface area contributed by atoms with Crippen molar-refractivity contribution >= 4 is 21.7 Å². The van der Waals surface area contributed by atoms with Crippen LogP contribution >= 0.6 is 0 Å². The Balaban J connectivity index is 1.87. The quantitative estimate of drug-likeness (QED) is 0.377. The van der Waals surface area contributed by atoms with E-state index in [9.17, 15) is 9.59 Å². The lowest BCUT2D eigenvalue weighted by molar-refractivity contribution is 0.661. The number of para-hydroxylation sites is 1. The van der Waals surface area contributed by atoms with Crippen molar-refractivity contribution in [2.24, 2.45) is 0 Å². The summed E-state index contributed by atoms with van der Waals surface area (Å²) in [6.07, 6.45) is 1.67. The number of aromatic nitrogens is 2. The molecule has 5 aromatic rings. The Morgan fingerprint density at radius 2 is 1.41 bits per heavy atom. The minimum Gasteiger partial charge on any atom is -0.268 e. The van der Waals surface area contributed by atoms with Gasteiger partial charge in [0.05, 0.1) is 22.0 Å². The summed E-state index contributed by atoms with van der Waals surface area (Å²) < 4.78 is 1.27. The minimum absolute atomic E-state index is 0.248. The van der Waals surface area contributed by atoms with Crippen LogP contribution in [-0.2, 0) is 5.41 Å². The first-order valence-corrected chi connectivity index (χ1v) is 10.7. The molecule has 2 heterocycles. The van der Waals surface area contributed by atoms with Crippen LogP contribution in [0.2, 0.25) is 0 Å². The molecule has 3 aromatic carbocycles. The van der Waals surface area contributed by atoms with Crippen LogP contribution in [0.1, 0.15) is 25.0 Å². The summed E-state index contributed by atoms with van der Waals surface area (Å²) >= 11 is 0. The molecule has 0 saturated heterocycles. The van der Waals surface area contributed by atoms with Gasteiger partial charge in [-0.3, -0.25) is 14.6 Å². The molecule has 0 aliphatic heterocycles. The first-order valence-electron chi connectivity index (χ1n) is 10.7. The highest BCUT2D eigenvalue weighted by Gasteiger charge is 2.35. The number of benzene rings is 3. The van der Waals surface area contributed by atoms with E-state index >= 15 is 0 Å². The highest BCUT2D eigenvalue weighted by molar-refractivity contribution is 6.06. The molecule has 6 rings (SSSR count). The second-order valence-corrected chi connectivity index (χ2v) is 8.79. The first-order chi connectivity index (χ1) is 15.5. The Hall–Kier alpha value is -4.05. The minimum atomic E-state index is -0.361. The lowest BCUT2D eigenvalue weighted by Crippen LogP contribution is -2.28. The third-order valence-electron chi connectivity index (χ3n) is 6.67. The smallest absolute Gasteiger partial charge is 0.267 e. The molecule has 0 saturated carbocycles. The maximum atomic E-state index is 13.9. The standard InChI is InChI=1S/C28H20N2O2/c1-28(2)23-13-7-6-11-18(23)20-15-21-22(16-24(20)28)27(32)30(17-9-4-3-5-10-17)26(31)19-12-8-14-29-25(19)21/h3-16H,1-2H3. The Morgan fingerprint density at radius 1 is 0.688 bits per heavy atom. The van der Waals surface area contributed by atoms with E-state index in [1.165, 1.54) is 10.1 Å². The van der Waals surface area contributed by atoms with Gasteiger partial charge in [0, 0.05) is 17.0 Å². The third kappa shape index (κ3) is 2.41. The average molecular weight is 416 g/mol. The van der Waals surface area contributed by atoms with Crippen molar-refractivity contribution in [3.63, 3.8) is 0 Å². The zero-order valence-electron chi connectivity index (χ0n) is 17.8. The Labute approximate surface area is 184 Å². The Bertz CT molecular complexity index is 1680. The fourth-order valence-corrected chi connectivity index (χ4v) is 5.06. The molecule has 1 aliphatic rings. The van der Waals surface area contributed by atoms with Gasteiger partial charge < -0.3 is 0 Å². The summed E-state index contributed by atoms with van der Waals surface area (Å²) in [6.45, 7) is 4.36. The fraction of sp³-hybridized carbons (Fsp3) is 0.107. The maximum Gasteiger partial charge on any atom is 0.267 e. The van der Waals surface area contributed by atoms with E-state index < -0.39 is 0 Å². The molecule has 0 N–H and O–H groups in total. The second-order valence-electron chi connectivity index (χ2n) is 8.79. The van der Waals surface area contributed by atoms with Crippen molar-refractivity contribution in [2.75, 3.05) is 0 Å². The van der Waals surface area contributed by atoms with E-state index in [0.29, 0.717) is 27.4 Å². The number of hydrogen-bond donors (Lipinski definition) is 0. The van der Waals surface area contributed by atoms with Gasteiger partial charge in [-0.2, -0.15) is 0 Å². The van der Waals surface area contributed by atoms with Crippen molar-refractivity contribution < 1.29 is 0 Å². The number of pyridine rings is 1. The van der Waals surface area contributed by atoms with Gasteiger partial charge >= 0.3 is 0 Å². The van der Waals surface area contributed by atoms with Gasteiger partial charge in [0.25, 0.3) is 11.1 Å². The van der Waals surface area contributed by atoms with Gasteiger partial charge in [-0.15, -0.1) is 0 Å². The van der Waals surface area contributed by atoms with Crippen LogP contribution in [0.4, 0.5) is 0 Å². The lowest BCUT2D eigenvalue weighted by atomic mass is 9.82. The summed E-state index contributed by atoms with van der Waals surface area (Å²) in [7, 11) is 0. The Kier molecular flexibility index (Phi) is 3.78. The fourth-order valence-electron chi connectivity index (χ4n) is 5.06. The van der Waals surface area contributed by atoms with Crippen LogP contribution < -0.4 is 11.1 Å². The van der Waals surface area contributed by atoms with E-state index in [0.717, 1.165) is 16.7 Å². The van der Waals surface area contributed by atoms with E-state index in [1.807, 2.05) is 36.4 Å². The van der Waals surface area contributed by atoms with E-state index in [4.69, 9.17) is 0 Å². The molecule has 0 fully saturated rings. The van der Waals surface area contributed by atoms with Crippen molar-refractivity contribution in [3.05, 3.63) is 117 Å². The van der Waals surface area contributed by atoms with Crippen LogP contribution in [-0.4, -0.2) is 9.55 Å². The maximum absolute atomic E-state index is 13.9. The molecular formula is C28H20N2O2. The molecule has 32 heavy (non-hydrogen) atoms. The molecule has 0 atom stereocenters. The average Bonchev–Trinajstić information content (AvgIpc) is 3.00. The van der Waals surface area contributed by atoms with Gasteiger partial charge in [-0.25, -0.2) is 4.57 Å². The normalized spacial score (nSPS) is 13.8. The predicted molar refractivity (Wildman–Crippen MR) is 129 cm³/mol. The van der Waals surface area contributed by atoms with Crippen LogP contribution in [0.3, 0.4) is 0 Å². The number of rotatable bonds is 1. The zero-order valence-corrected chi connectivity index (χ0v) is 17.8. The highest BCUT2D eigenvalue weighted by Crippen LogP contribution is 2.49. The summed E-state index contributed by atoms with van der Waals surface area (Å²) in [5.74, 6) is 0. The van der Waals surface area contributed by atoms with Gasteiger partial charge in [0.2, 0.25) is 0 Å². The molecule has 0 unspecified atom stereocenters. The summed E-state index contributed by atoms with van der Waals surface area (Å²) in [5.41, 5.74) is 4.74. The summed E-state index contributed by atoms with van der Waals surface area (Å²) in [5, 5.41) is 1.62.